The molecule has 2 unspecified atom stereocenters. The molecule has 192 valence electrons. The molecule has 2 aliphatic heterocycles. The second-order valence-corrected chi connectivity index (χ2v) is 10.5. The molecule has 0 spiro atoms. The molecule has 0 bridgehead atoms. The Kier molecular flexibility index (Phi) is 7.29. The van der Waals surface area contributed by atoms with Gasteiger partial charge < -0.3 is 14.4 Å². The molecular weight excluding hydrogens is 465 g/mol. The summed E-state index contributed by atoms with van der Waals surface area (Å²) in [6, 6.07) is 13.3. The maximum absolute atomic E-state index is 13.5. The van der Waals surface area contributed by atoms with Gasteiger partial charge >= 0.3 is 0 Å². The van der Waals surface area contributed by atoms with Crippen molar-refractivity contribution in [3.63, 3.8) is 0 Å². The van der Waals surface area contributed by atoms with Gasteiger partial charge in [0.25, 0.3) is 0 Å². The number of hydrogen-bond donors (Lipinski definition) is 0. The van der Waals surface area contributed by atoms with E-state index in [9.17, 15) is 4.39 Å². The van der Waals surface area contributed by atoms with Crippen LogP contribution in [0, 0.1) is 17.7 Å². The number of aromatic nitrogens is 2. The van der Waals surface area contributed by atoms with E-state index in [0.29, 0.717) is 36.3 Å². The highest BCUT2D eigenvalue weighted by molar-refractivity contribution is 5.81. The van der Waals surface area contributed by atoms with Crippen molar-refractivity contribution in [2.45, 2.75) is 44.3 Å². The third kappa shape index (κ3) is 5.76. The number of fused-ring (bicyclic) bond motifs is 1. The van der Waals surface area contributed by atoms with E-state index in [-0.39, 0.29) is 5.82 Å². The van der Waals surface area contributed by atoms with E-state index < -0.39 is 0 Å². The summed E-state index contributed by atoms with van der Waals surface area (Å²) in [6.45, 7) is 4.58. The van der Waals surface area contributed by atoms with Crippen molar-refractivity contribution in [3.05, 3.63) is 90.0 Å². The van der Waals surface area contributed by atoms with Crippen LogP contribution in [-0.4, -0.2) is 47.2 Å². The van der Waals surface area contributed by atoms with Crippen molar-refractivity contribution in [2.75, 3.05) is 26.2 Å². The van der Waals surface area contributed by atoms with Crippen LogP contribution < -0.4 is 4.74 Å². The number of halogens is 1. The molecule has 6 rings (SSSR count). The lowest BCUT2D eigenvalue weighted by molar-refractivity contribution is -0.0628. The smallest absolute Gasteiger partial charge is 0.213 e. The van der Waals surface area contributed by atoms with Gasteiger partial charge in [-0.3, -0.25) is 4.98 Å². The summed E-state index contributed by atoms with van der Waals surface area (Å²) in [5.41, 5.74) is 2.79. The van der Waals surface area contributed by atoms with Gasteiger partial charge in [-0.2, -0.15) is 0 Å². The molecular formula is C31H34FN3O2. The fourth-order valence-corrected chi connectivity index (χ4v) is 5.84. The lowest BCUT2D eigenvalue weighted by Gasteiger charge is -2.37. The van der Waals surface area contributed by atoms with E-state index in [4.69, 9.17) is 14.5 Å². The molecule has 5 nitrogen and oxygen atoms in total. The Morgan fingerprint density at radius 1 is 1.00 bits per heavy atom. The van der Waals surface area contributed by atoms with Crippen LogP contribution in [0.15, 0.2) is 73.0 Å². The number of benzene rings is 1. The number of nitrogens with zero attached hydrogens (tertiary/aromatic N) is 3. The molecule has 3 atom stereocenters. The maximum atomic E-state index is 13.5. The third-order valence-electron chi connectivity index (χ3n) is 8.06. The van der Waals surface area contributed by atoms with Crippen LogP contribution >= 0.6 is 0 Å². The fraction of sp³-hybridized carbons (Fsp3) is 0.419. The molecule has 2 aromatic heterocycles. The largest absolute Gasteiger partial charge is 0.473 e. The van der Waals surface area contributed by atoms with E-state index in [1.54, 1.807) is 0 Å². The topological polar surface area (TPSA) is 47.5 Å². The van der Waals surface area contributed by atoms with Crippen LogP contribution in [0.25, 0.3) is 10.9 Å². The third-order valence-corrected chi connectivity index (χ3v) is 8.06. The molecule has 1 aliphatic carbocycles. The summed E-state index contributed by atoms with van der Waals surface area (Å²) in [4.78, 5) is 11.7. The summed E-state index contributed by atoms with van der Waals surface area (Å²) in [6.07, 6.45) is 15.4. The summed E-state index contributed by atoms with van der Waals surface area (Å²) in [5.74, 6) is 1.89. The van der Waals surface area contributed by atoms with Crippen molar-refractivity contribution in [1.82, 2.24) is 14.9 Å². The van der Waals surface area contributed by atoms with Gasteiger partial charge in [0.2, 0.25) is 5.88 Å². The molecule has 3 aliphatic rings. The molecule has 3 aromatic rings. The Morgan fingerprint density at radius 2 is 1.81 bits per heavy atom. The highest BCUT2D eigenvalue weighted by Crippen LogP contribution is 2.32. The number of likely N-dealkylation sites (tertiary alicyclic amines) is 1. The molecule has 0 N–H and O–H groups in total. The van der Waals surface area contributed by atoms with Crippen LogP contribution in [0.3, 0.4) is 0 Å². The fourth-order valence-electron chi connectivity index (χ4n) is 5.84. The van der Waals surface area contributed by atoms with Gasteiger partial charge in [-0.15, -0.1) is 0 Å². The number of allylic oxidation sites excluding steroid dienone is 3. The van der Waals surface area contributed by atoms with E-state index in [1.165, 1.54) is 18.7 Å². The normalized spacial score (nSPS) is 24.3. The van der Waals surface area contributed by atoms with Gasteiger partial charge in [0.05, 0.1) is 17.8 Å². The number of rotatable bonds is 8. The molecule has 0 saturated carbocycles. The van der Waals surface area contributed by atoms with Gasteiger partial charge in [0.1, 0.15) is 12.4 Å². The molecule has 2 fully saturated rings. The molecule has 6 heteroatoms. The van der Waals surface area contributed by atoms with E-state index in [2.05, 4.69) is 40.3 Å². The standard InChI is InChI=1S/C31H34FN3O2/c32-27-17-24-7-3-8-26(31(24)33-19-27)21-37-30-10-4-9-29(34-30)22-11-14-35(15-12-22)20-25-6-2-1-5-23(25)18-28-13-16-36-28/h1-10,17,19,22-23,25,28H,11-16,18,20-21H2/t23-,25?,28?/m1/s1. The minimum atomic E-state index is -0.332. The van der Waals surface area contributed by atoms with Crippen molar-refractivity contribution in [2.24, 2.45) is 11.8 Å². The first-order valence-electron chi connectivity index (χ1n) is 13.5. The van der Waals surface area contributed by atoms with Crippen molar-refractivity contribution < 1.29 is 13.9 Å². The first kappa shape index (κ1) is 24.3. The Labute approximate surface area is 218 Å². The molecule has 0 radical (unpaired) electrons. The summed E-state index contributed by atoms with van der Waals surface area (Å²) >= 11 is 0. The molecule has 4 heterocycles. The summed E-state index contributed by atoms with van der Waals surface area (Å²) < 4.78 is 25.3. The van der Waals surface area contributed by atoms with Gasteiger partial charge in [-0.1, -0.05) is 48.6 Å². The number of ether oxygens (including phenoxy) is 2. The Morgan fingerprint density at radius 3 is 2.62 bits per heavy atom. The number of pyridine rings is 2. The van der Waals surface area contributed by atoms with E-state index in [1.807, 2.05) is 30.3 Å². The van der Waals surface area contributed by atoms with Crippen molar-refractivity contribution in [1.29, 1.82) is 0 Å². The first-order chi connectivity index (χ1) is 18.2. The van der Waals surface area contributed by atoms with E-state index in [0.717, 1.165) is 67.7 Å². The average molecular weight is 500 g/mol. The SMILES string of the molecule is Fc1cnc2c(COc3cccc(C4CCN(CC5C=CC=C[C@@H]5CC5CCO5)CC4)n3)cccc2c1. The van der Waals surface area contributed by atoms with Crippen LogP contribution in [0.2, 0.25) is 0 Å². The van der Waals surface area contributed by atoms with Crippen LogP contribution in [0.4, 0.5) is 4.39 Å². The Hall–Kier alpha value is -3.09. The van der Waals surface area contributed by atoms with Gasteiger partial charge in [0, 0.05) is 41.8 Å². The first-order valence-corrected chi connectivity index (χ1v) is 13.5. The van der Waals surface area contributed by atoms with Gasteiger partial charge in [0.15, 0.2) is 0 Å². The van der Waals surface area contributed by atoms with Crippen LogP contribution in [0.5, 0.6) is 5.88 Å². The summed E-state index contributed by atoms with van der Waals surface area (Å²) in [5, 5.41) is 0.775. The van der Waals surface area contributed by atoms with Crippen LogP contribution in [0.1, 0.15) is 42.9 Å². The predicted octanol–water partition coefficient (Wildman–Crippen LogP) is 6.06. The Balaban J connectivity index is 1.03. The zero-order chi connectivity index (χ0) is 25.0. The second-order valence-electron chi connectivity index (χ2n) is 10.5. The number of hydrogen-bond acceptors (Lipinski definition) is 5. The highest BCUT2D eigenvalue weighted by atomic mass is 19.1. The lowest BCUT2D eigenvalue weighted by Crippen LogP contribution is -2.39. The zero-order valence-corrected chi connectivity index (χ0v) is 21.1. The lowest BCUT2D eigenvalue weighted by atomic mass is 9.82. The Bertz CT molecular complexity index is 1280. The second kappa shape index (κ2) is 11.1. The van der Waals surface area contributed by atoms with Crippen LogP contribution in [-0.2, 0) is 11.3 Å². The molecule has 2 saturated heterocycles. The number of piperidine rings is 1. The zero-order valence-electron chi connectivity index (χ0n) is 21.1. The minimum absolute atomic E-state index is 0.332. The van der Waals surface area contributed by atoms with Gasteiger partial charge in [-0.25, -0.2) is 9.37 Å². The predicted molar refractivity (Wildman–Crippen MR) is 143 cm³/mol. The molecule has 37 heavy (non-hydrogen) atoms. The molecule has 0 amide bonds. The monoisotopic (exact) mass is 499 g/mol. The number of para-hydroxylation sites is 1. The van der Waals surface area contributed by atoms with Gasteiger partial charge in [-0.05, 0) is 62.7 Å². The summed E-state index contributed by atoms with van der Waals surface area (Å²) in [7, 11) is 0. The average Bonchev–Trinajstić information content (AvgIpc) is 2.91. The van der Waals surface area contributed by atoms with Crippen molar-refractivity contribution >= 4 is 10.9 Å². The maximum Gasteiger partial charge on any atom is 0.213 e. The van der Waals surface area contributed by atoms with E-state index >= 15 is 0 Å². The highest BCUT2D eigenvalue weighted by Gasteiger charge is 2.29. The van der Waals surface area contributed by atoms with Crippen molar-refractivity contribution in [3.8, 4) is 5.88 Å². The molecule has 1 aromatic carbocycles. The quantitative estimate of drug-likeness (QED) is 0.377. The minimum Gasteiger partial charge on any atom is -0.473 e.